The van der Waals surface area contributed by atoms with Gasteiger partial charge >= 0.3 is 11.9 Å². The zero-order chi connectivity index (χ0) is 26.5. The first-order chi connectivity index (χ1) is 16.9. The molecule has 0 aromatic heterocycles. The Balaban J connectivity index is 1.63. The van der Waals surface area contributed by atoms with E-state index in [0.717, 1.165) is 12.8 Å². The van der Waals surface area contributed by atoms with Gasteiger partial charge in [0.05, 0.1) is 25.3 Å². The first kappa shape index (κ1) is 26.9. The van der Waals surface area contributed by atoms with Crippen LogP contribution in [0.15, 0.2) is 48.5 Å². The van der Waals surface area contributed by atoms with Crippen molar-refractivity contribution in [1.82, 2.24) is 10.6 Å². The maximum atomic E-state index is 12.9. The Morgan fingerprint density at radius 1 is 0.750 bits per heavy atom. The van der Waals surface area contributed by atoms with E-state index >= 15 is 0 Å². The summed E-state index contributed by atoms with van der Waals surface area (Å²) in [5.41, 5.74) is 1.44. The summed E-state index contributed by atoms with van der Waals surface area (Å²) in [6, 6.07) is 12.6. The van der Waals surface area contributed by atoms with Gasteiger partial charge in [0, 0.05) is 23.7 Å². The van der Waals surface area contributed by atoms with Gasteiger partial charge in [-0.05, 0) is 78.6 Å². The van der Waals surface area contributed by atoms with Crippen LogP contribution < -0.4 is 10.6 Å². The second kappa shape index (κ2) is 10.9. The molecular formula is C28H34N2O6. The normalized spacial score (nSPS) is 20.6. The highest BCUT2D eigenvalue weighted by Crippen LogP contribution is 2.45. The molecule has 0 aliphatic heterocycles. The molecule has 2 aromatic carbocycles. The van der Waals surface area contributed by atoms with E-state index in [1.54, 1.807) is 48.5 Å². The minimum Gasteiger partial charge on any atom is -0.465 e. The summed E-state index contributed by atoms with van der Waals surface area (Å²) in [6.07, 6.45) is 2.42. The molecule has 192 valence electrons. The SMILES string of the molecule is COC(=O)c1ccc(C(=O)NCC2(C)CC(NC(=O)c3ccc(C(=O)OC)cc3)CC(C)(C)C2)cc1. The molecule has 36 heavy (non-hydrogen) atoms. The number of rotatable bonds is 7. The molecule has 0 bridgehead atoms. The van der Waals surface area contributed by atoms with Crippen molar-refractivity contribution in [3.05, 3.63) is 70.8 Å². The molecule has 1 aliphatic carbocycles. The molecule has 0 saturated heterocycles. The molecule has 1 fully saturated rings. The summed E-state index contributed by atoms with van der Waals surface area (Å²) in [4.78, 5) is 48.9. The number of carbonyl (C=O) groups is 4. The van der Waals surface area contributed by atoms with E-state index in [1.165, 1.54) is 14.2 Å². The van der Waals surface area contributed by atoms with E-state index in [0.29, 0.717) is 35.2 Å². The molecule has 1 aliphatic rings. The van der Waals surface area contributed by atoms with Gasteiger partial charge in [0.2, 0.25) is 0 Å². The molecule has 2 amide bonds. The maximum Gasteiger partial charge on any atom is 0.337 e. The van der Waals surface area contributed by atoms with E-state index in [-0.39, 0.29) is 28.7 Å². The molecule has 0 spiro atoms. The van der Waals surface area contributed by atoms with Crippen LogP contribution in [-0.4, -0.2) is 50.6 Å². The molecule has 1 saturated carbocycles. The molecule has 0 radical (unpaired) electrons. The highest BCUT2D eigenvalue weighted by atomic mass is 16.5. The van der Waals surface area contributed by atoms with E-state index in [9.17, 15) is 19.2 Å². The fourth-order valence-electron chi connectivity index (χ4n) is 5.29. The Labute approximate surface area is 211 Å². The topological polar surface area (TPSA) is 111 Å². The summed E-state index contributed by atoms with van der Waals surface area (Å²) in [5.74, 6) is -1.33. The van der Waals surface area contributed by atoms with Crippen molar-refractivity contribution in [2.45, 2.75) is 46.1 Å². The van der Waals surface area contributed by atoms with Gasteiger partial charge in [-0.15, -0.1) is 0 Å². The first-order valence-electron chi connectivity index (χ1n) is 11.9. The van der Waals surface area contributed by atoms with Crippen molar-refractivity contribution in [2.75, 3.05) is 20.8 Å². The lowest BCUT2D eigenvalue weighted by atomic mass is 9.62. The lowest BCUT2D eigenvalue weighted by molar-refractivity contribution is 0.0587. The molecule has 2 atom stereocenters. The van der Waals surface area contributed by atoms with E-state index in [1.807, 2.05) is 0 Å². The smallest absolute Gasteiger partial charge is 0.337 e. The van der Waals surface area contributed by atoms with Crippen LogP contribution in [0.3, 0.4) is 0 Å². The summed E-state index contributed by atoms with van der Waals surface area (Å²) in [6.45, 7) is 6.91. The van der Waals surface area contributed by atoms with Crippen LogP contribution in [0, 0.1) is 10.8 Å². The Kier molecular flexibility index (Phi) is 8.17. The summed E-state index contributed by atoms with van der Waals surface area (Å²) < 4.78 is 9.40. The van der Waals surface area contributed by atoms with Crippen molar-refractivity contribution in [1.29, 1.82) is 0 Å². The van der Waals surface area contributed by atoms with Crippen molar-refractivity contribution in [3.63, 3.8) is 0 Å². The van der Waals surface area contributed by atoms with Gasteiger partial charge in [0.1, 0.15) is 0 Å². The van der Waals surface area contributed by atoms with Gasteiger partial charge in [0.25, 0.3) is 11.8 Å². The molecule has 8 nitrogen and oxygen atoms in total. The third-order valence-electron chi connectivity index (χ3n) is 6.59. The number of benzene rings is 2. The van der Waals surface area contributed by atoms with Crippen LogP contribution in [0.5, 0.6) is 0 Å². The predicted molar refractivity (Wildman–Crippen MR) is 135 cm³/mol. The first-order valence-corrected chi connectivity index (χ1v) is 11.9. The van der Waals surface area contributed by atoms with Crippen LogP contribution >= 0.6 is 0 Å². The fourth-order valence-corrected chi connectivity index (χ4v) is 5.29. The number of amides is 2. The third-order valence-corrected chi connectivity index (χ3v) is 6.59. The van der Waals surface area contributed by atoms with Crippen molar-refractivity contribution < 1.29 is 28.7 Å². The quantitative estimate of drug-likeness (QED) is 0.563. The molecule has 0 heterocycles. The number of hydrogen-bond donors (Lipinski definition) is 2. The largest absolute Gasteiger partial charge is 0.465 e. The van der Waals surface area contributed by atoms with Crippen molar-refractivity contribution in [3.8, 4) is 0 Å². The second-order valence-corrected chi connectivity index (χ2v) is 10.6. The zero-order valence-electron chi connectivity index (χ0n) is 21.5. The van der Waals surface area contributed by atoms with Gasteiger partial charge in [-0.2, -0.15) is 0 Å². The summed E-state index contributed by atoms with van der Waals surface area (Å²) in [7, 11) is 2.62. The number of ether oxygens (including phenoxy) is 2. The number of nitrogens with one attached hydrogen (secondary N) is 2. The molecule has 2 unspecified atom stereocenters. The second-order valence-electron chi connectivity index (χ2n) is 10.6. The van der Waals surface area contributed by atoms with Crippen LogP contribution in [0.4, 0.5) is 0 Å². The maximum absolute atomic E-state index is 12.9. The van der Waals surface area contributed by atoms with E-state index < -0.39 is 11.9 Å². The summed E-state index contributed by atoms with van der Waals surface area (Å²) >= 11 is 0. The standard InChI is InChI=1S/C28H34N2O6/c1-27(2)14-22(30-24(32)19-8-12-21(13-9-19)26(34)36-5)15-28(3,16-27)17-29-23(31)18-6-10-20(11-7-18)25(33)35-4/h6-13,22H,14-17H2,1-5H3,(H,29,31)(H,30,32). The highest BCUT2D eigenvalue weighted by molar-refractivity contribution is 5.97. The molecule has 3 rings (SSSR count). The van der Waals surface area contributed by atoms with Gasteiger partial charge in [0.15, 0.2) is 0 Å². The lowest BCUT2D eigenvalue weighted by Gasteiger charge is -2.47. The Hall–Kier alpha value is -3.68. The minimum atomic E-state index is -0.452. The average molecular weight is 495 g/mol. The average Bonchev–Trinajstić information content (AvgIpc) is 2.85. The fraction of sp³-hybridized carbons (Fsp3) is 0.429. The van der Waals surface area contributed by atoms with Crippen molar-refractivity contribution in [2.24, 2.45) is 10.8 Å². The van der Waals surface area contributed by atoms with E-state index in [2.05, 4.69) is 31.4 Å². The number of methoxy groups -OCH3 is 2. The van der Waals surface area contributed by atoms with Crippen molar-refractivity contribution >= 4 is 23.8 Å². The predicted octanol–water partition coefficient (Wildman–Crippen LogP) is 4.00. The van der Waals surface area contributed by atoms with Crippen LogP contribution in [0.25, 0.3) is 0 Å². The highest BCUT2D eigenvalue weighted by Gasteiger charge is 2.42. The van der Waals surface area contributed by atoms with Gasteiger partial charge in [-0.25, -0.2) is 9.59 Å². The minimum absolute atomic E-state index is 0.0351. The third kappa shape index (κ3) is 6.71. The van der Waals surface area contributed by atoms with E-state index in [4.69, 9.17) is 9.47 Å². The van der Waals surface area contributed by atoms with Gasteiger partial charge in [-0.1, -0.05) is 20.8 Å². The van der Waals surface area contributed by atoms with Gasteiger partial charge in [-0.3, -0.25) is 9.59 Å². The molecule has 2 N–H and O–H groups in total. The number of hydrogen-bond acceptors (Lipinski definition) is 6. The van der Waals surface area contributed by atoms with Gasteiger partial charge < -0.3 is 20.1 Å². The number of esters is 2. The van der Waals surface area contributed by atoms with Crippen LogP contribution in [0.1, 0.15) is 81.5 Å². The van der Waals surface area contributed by atoms with Crippen LogP contribution in [-0.2, 0) is 9.47 Å². The monoisotopic (exact) mass is 494 g/mol. The number of carbonyl (C=O) groups excluding carboxylic acids is 4. The zero-order valence-corrected chi connectivity index (χ0v) is 21.5. The summed E-state index contributed by atoms with van der Waals surface area (Å²) in [5, 5.41) is 6.16. The lowest BCUT2D eigenvalue weighted by Crippen LogP contribution is -2.50. The Morgan fingerprint density at radius 3 is 1.67 bits per heavy atom. The van der Waals surface area contributed by atoms with Crippen LogP contribution in [0.2, 0.25) is 0 Å². The Morgan fingerprint density at radius 2 is 1.19 bits per heavy atom. The Bertz CT molecular complexity index is 1120. The molecular weight excluding hydrogens is 460 g/mol. The molecule has 8 heteroatoms. The molecule has 2 aromatic rings.